The number of aryl methyl sites for hydroxylation is 1. The van der Waals surface area contributed by atoms with Gasteiger partial charge in [0.05, 0.1) is 16.5 Å². The van der Waals surface area contributed by atoms with Gasteiger partial charge in [0.15, 0.2) is 0 Å². The quantitative estimate of drug-likeness (QED) is 0.333. The summed E-state index contributed by atoms with van der Waals surface area (Å²) in [5, 5.41) is 11.0. The van der Waals surface area contributed by atoms with Crippen molar-refractivity contribution in [3.05, 3.63) is 90.0 Å². The van der Waals surface area contributed by atoms with E-state index in [4.69, 9.17) is 9.60 Å². The molecule has 0 saturated carbocycles. The van der Waals surface area contributed by atoms with Gasteiger partial charge in [-0.05, 0) is 53.2 Å². The smallest absolute Gasteiger partial charge is 0.137 e. The number of hydrogen-bond acceptors (Lipinski definition) is 2. The summed E-state index contributed by atoms with van der Waals surface area (Å²) in [7, 11) is 0. The molecule has 2 heterocycles. The number of pyridine rings is 1. The average molecular weight is 414 g/mol. The van der Waals surface area contributed by atoms with Gasteiger partial charge in [0.1, 0.15) is 11.6 Å². The zero-order valence-corrected chi connectivity index (χ0v) is 17.5. The van der Waals surface area contributed by atoms with E-state index < -0.39 is 12.9 Å². The van der Waals surface area contributed by atoms with Crippen molar-refractivity contribution >= 4 is 21.8 Å². The number of phenols is 1. The van der Waals surface area contributed by atoms with Crippen molar-refractivity contribution in [2.24, 2.45) is 0 Å². The molecule has 3 aromatic carbocycles. The van der Waals surface area contributed by atoms with Crippen molar-refractivity contribution in [1.29, 1.82) is 0 Å². The molecule has 31 heavy (non-hydrogen) atoms. The Balaban J connectivity index is 1.83. The number of para-hydroxylation sites is 1. The summed E-state index contributed by atoms with van der Waals surface area (Å²) < 4.78 is 59.8. The van der Waals surface area contributed by atoms with Crippen LogP contribution < -0.4 is 0 Å². The first-order valence-corrected chi connectivity index (χ1v) is 10.1. The highest BCUT2D eigenvalue weighted by Gasteiger charge is 2.16. The van der Waals surface area contributed by atoms with E-state index in [2.05, 4.69) is 25.8 Å². The molecule has 154 valence electrons. The second kappa shape index (κ2) is 6.98. The Bertz CT molecular complexity index is 1730. The fourth-order valence-electron chi connectivity index (χ4n) is 3.89. The first kappa shape index (κ1) is 13.0. The summed E-state index contributed by atoms with van der Waals surface area (Å²) in [5.74, 6) is 0.102. The maximum Gasteiger partial charge on any atom is 0.137 e. The molecular weight excluding hydrogens is 380 g/mol. The Kier molecular flexibility index (Phi) is 2.92. The van der Waals surface area contributed by atoms with Gasteiger partial charge in [0.2, 0.25) is 0 Å². The van der Waals surface area contributed by atoms with E-state index in [1.165, 1.54) is 29.0 Å². The summed E-state index contributed by atoms with van der Waals surface area (Å²) in [5.41, 5.74) is 2.80. The minimum atomic E-state index is -2.49. The minimum Gasteiger partial charge on any atom is -0.508 e. The van der Waals surface area contributed by atoms with E-state index >= 15 is 0 Å². The zero-order valence-electron chi connectivity index (χ0n) is 24.5. The van der Waals surface area contributed by atoms with Crippen molar-refractivity contribution in [1.82, 2.24) is 9.55 Å². The average Bonchev–Trinajstić information content (AvgIpc) is 3.19. The van der Waals surface area contributed by atoms with Crippen LogP contribution in [0.15, 0.2) is 78.9 Å². The molecule has 0 aliphatic heterocycles. The molecule has 1 N–H and O–H groups in total. The van der Waals surface area contributed by atoms with Gasteiger partial charge < -0.3 is 5.11 Å². The fourth-order valence-corrected chi connectivity index (χ4v) is 3.89. The van der Waals surface area contributed by atoms with Crippen molar-refractivity contribution in [2.75, 3.05) is 0 Å². The fraction of sp³-hybridized carbons (Fsp3) is 0.179. The lowest BCUT2D eigenvalue weighted by Crippen LogP contribution is -2.10. The summed E-state index contributed by atoms with van der Waals surface area (Å²) in [4.78, 5) is 4.57. The van der Waals surface area contributed by atoms with Crippen LogP contribution in [-0.4, -0.2) is 14.7 Å². The molecule has 0 spiro atoms. The van der Waals surface area contributed by atoms with Crippen LogP contribution in [0.1, 0.15) is 41.5 Å². The first-order chi connectivity index (χ1) is 17.7. The number of fused-ring (bicyclic) bond motifs is 3. The normalized spacial score (nSPS) is 15.6. The lowest BCUT2D eigenvalue weighted by atomic mass is 9.86. The Hall–Kier alpha value is -3.59. The molecule has 0 bridgehead atoms. The van der Waals surface area contributed by atoms with E-state index in [9.17, 15) is 5.11 Å². The van der Waals surface area contributed by atoms with Crippen LogP contribution in [0.2, 0.25) is 0 Å². The minimum absolute atomic E-state index is 0.0574. The number of aromatic nitrogens is 2. The standard InChI is InChI=1S/C28H26N2O/c1-18-15-27(29-17-24(18)19-9-11-20(12-10-19)28(2,3)4)30-25-8-6-5-7-22(25)23-14-13-21(31)16-26(23)30/h5-17,31H,1-4H3/i1D3,5D,6D,7D,8D. The van der Waals surface area contributed by atoms with Crippen LogP contribution in [-0.2, 0) is 5.41 Å². The number of nitrogens with zero attached hydrogens (tertiary/aromatic N) is 2. The van der Waals surface area contributed by atoms with Crippen molar-refractivity contribution in [3.8, 4) is 22.7 Å². The van der Waals surface area contributed by atoms with E-state index in [-0.39, 0.29) is 51.6 Å². The van der Waals surface area contributed by atoms with Gasteiger partial charge in [-0.2, -0.15) is 0 Å². The van der Waals surface area contributed by atoms with E-state index in [0.717, 1.165) is 5.56 Å². The summed E-state index contributed by atoms with van der Waals surface area (Å²) in [6.45, 7) is 3.81. The molecule has 0 atom stereocenters. The van der Waals surface area contributed by atoms with Gasteiger partial charge in [-0.25, -0.2) is 4.98 Å². The van der Waals surface area contributed by atoms with Gasteiger partial charge in [0.25, 0.3) is 0 Å². The highest BCUT2D eigenvalue weighted by atomic mass is 16.3. The van der Waals surface area contributed by atoms with Gasteiger partial charge in [-0.3, -0.25) is 4.57 Å². The monoisotopic (exact) mass is 413 g/mol. The lowest BCUT2D eigenvalue weighted by Gasteiger charge is -2.19. The number of phenolic OH excluding ortho intramolecular Hbond substituents is 1. The molecule has 5 rings (SSSR count). The van der Waals surface area contributed by atoms with Crippen molar-refractivity contribution in [3.63, 3.8) is 0 Å². The molecule has 2 aromatic heterocycles. The topological polar surface area (TPSA) is 38.0 Å². The molecular formula is C28H26N2O. The highest BCUT2D eigenvalue weighted by molar-refractivity contribution is 6.09. The third kappa shape index (κ3) is 3.27. The van der Waals surface area contributed by atoms with E-state index in [1.54, 1.807) is 6.07 Å². The van der Waals surface area contributed by atoms with Gasteiger partial charge >= 0.3 is 0 Å². The van der Waals surface area contributed by atoms with Crippen molar-refractivity contribution in [2.45, 2.75) is 33.0 Å². The van der Waals surface area contributed by atoms with Crippen LogP contribution in [0.3, 0.4) is 0 Å². The Morgan fingerprint density at radius 1 is 0.935 bits per heavy atom. The van der Waals surface area contributed by atoms with Gasteiger partial charge in [0, 0.05) is 32.7 Å². The van der Waals surface area contributed by atoms with Crippen LogP contribution >= 0.6 is 0 Å². The molecule has 0 radical (unpaired) electrons. The number of rotatable bonds is 2. The molecule has 0 amide bonds. The third-order valence-corrected chi connectivity index (χ3v) is 5.56. The predicted octanol–water partition coefficient (Wildman–Crippen LogP) is 7.16. The van der Waals surface area contributed by atoms with Crippen molar-refractivity contribution < 1.29 is 14.7 Å². The molecule has 0 unspecified atom stereocenters. The Morgan fingerprint density at radius 2 is 1.71 bits per heavy atom. The number of hydrogen-bond donors (Lipinski definition) is 1. The van der Waals surface area contributed by atoms with Crippen LogP contribution in [0, 0.1) is 6.85 Å². The van der Waals surface area contributed by atoms with E-state index in [0.29, 0.717) is 22.0 Å². The maximum absolute atomic E-state index is 10.2. The first-order valence-electron chi connectivity index (χ1n) is 13.6. The van der Waals surface area contributed by atoms with Crippen LogP contribution in [0.25, 0.3) is 38.8 Å². The molecule has 0 fully saturated rings. The van der Waals surface area contributed by atoms with Gasteiger partial charge in [-0.15, -0.1) is 0 Å². The van der Waals surface area contributed by atoms with Crippen LogP contribution in [0.5, 0.6) is 5.75 Å². The second-order valence-electron chi connectivity index (χ2n) is 8.68. The third-order valence-electron chi connectivity index (χ3n) is 5.56. The number of aromatic hydroxyl groups is 1. The largest absolute Gasteiger partial charge is 0.508 e. The van der Waals surface area contributed by atoms with E-state index in [1.807, 2.05) is 24.3 Å². The second-order valence-corrected chi connectivity index (χ2v) is 8.68. The molecule has 3 heteroatoms. The summed E-state index contributed by atoms with van der Waals surface area (Å²) in [6.07, 6.45) is 1.48. The summed E-state index contributed by atoms with van der Waals surface area (Å²) in [6, 6.07) is 12.3. The molecule has 0 aliphatic rings. The zero-order chi connectivity index (χ0) is 27.7. The van der Waals surface area contributed by atoms with Gasteiger partial charge in [-0.1, -0.05) is 63.2 Å². The SMILES string of the molecule is [2H]c1c([2H])c([2H])c2c(c1[2H])c1ccc(O)cc1n2-c1cc(C([2H])([2H])[2H])c(-c2ccc(C(C)(C)C)cc2)cn1. The predicted molar refractivity (Wildman–Crippen MR) is 129 cm³/mol. The molecule has 5 aromatic rings. The van der Waals surface area contributed by atoms with Crippen LogP contribution in [0.4, 0.5) is 0 Å². The maximum atomic E-state index is 10.2. The summed E-state index contributed by atoms with van der Waals surface area (Å²) >= 11 is 0. The molecule has 3 nitrogen and oxygen atoms in total. The molecule has 0 aliphatic carbocycles. The Labute approximate surface area is 192 Å². The highest BCUT2D eigenvalue weighted by Crippen LogP contribution is 2.34. The lowest BCUT2D eigenvalue weighted by molar-refractivity contribution is 0.476. The Morgan fingerprint density at radius 3 is 2.45 bits per heavy atom. The molecule has 0 saturated heterocycles. The number of benzene rings is 3.